The van der Waals surface area contributed by atoms with E-state index in [1.165, 1.54) is 18.6 Å². The maximum Gasteiger partial charge on any atom is 0.475 e. The first-order valence-corrected chi connectivity index (χ1v) is 9.68. The number of nitrogens with zero attached hydrogens (tertiary/aromatic N) is 2. The highest BCUT2D eigenvalue weighted by atomic mass is 16.4. The molecule has 0 aliphatic heterocycles. The Bertz CT molecular complexity index is 777. The van der Waals surface area contributed by atoms with Gasteiger partial charge in [-0.3, -0.25) is 14.6 Å². The summed E-state index contributed by atoms with van der Waals surface area (Å²) in [5.74, 6) is -1.65. The van der Waals surface area contributed by atoms with Crippen molar-refractivity contribution in [1.29, 1.82) is 0 Å². The van der Waals surface area contributed by atoms with Crippen LogP contribution in [0.1, 0.15) is 42.7 Å². The molecule has 0 saturated heterocycles. The molecule has 0 fully saturated rings. The molecule has 0 bridgehead atoms. The van der Waals surface area contributed by atoms with Gasteiger partial charge in [-0.25, -0.2) is 4.98 Å². The third-order valence-electron chi connectivity index (χ3n) is 4.74. The second-order valence-corrected chi connectivity index (χ2v) is 7.08. The molecule has 2 amide bonds. The molecule has 1 aromatic heterocycles. The molecule has 9 heteroatoms. The van der Waals surface area contributed by atoms with Crippen LogP contribution in [0.4, 0.5) is 0 Å². The van der Waals surface area contributed by atoms with Gasteiger partial charge in [-0.1, -0.05) is 50.6 Å². The van der Waals surface area contributed by atoms with Gasteiger partial charge in [0.1, 0.15) is 11.7 Å². The van der Waals surface area contributed by atoms with E-state index < -0.39 is 30.9 Å². The van der Waals surface area contributed by atoms with Crippen molar-refractivity contribution in [2.45, 2.75) is 45.1 Å². The number of carbonyl (C=O) groups is 2. The normalized spacial score (nSPS) is 13.8. The van der Waals surface area contributed by atoms with Crippen LogP contribution in [-0.2, 0) is 11.2 Å². The first-order valence-electron chi connectivity index (χ1n) is 9.68. The Kier molecular flexibility index (Phi) is 8.76. The highest BCUT2D eigenvalue weighted by Crippen LogP contribution is 2.12. The smallest absolute Gasteiger partial charge is 0.426 e. The van der Waals surface area contributed by atoms with Crippen LogP contribution in [0.5, 0.6) is 0 Å². The summed E-state index contributed by atoms with van der Waals surface area (Å²) < 4.78 is 0. The Morgan fingerprint density at radius 2 is 1.86 bits per heavy atom. The summed E-state index contributed by atoms with van der Waals surface area (Å²) in [6.45, 7) is 3.96. The van der Waals surface area contributed by atoms with E-state index in [1.807, 2.05) is 44.2 Å². The average Bonchev–Trinajstić information content (AvgIpc) is 2.73. The molecule has 0 spiro atoms. The van der Waals surface area contributed by atoms with Crippen LogP contribution in [0.2, 0.25) is 0 Å². The summed E-state index contributed by atoms with van der Waals surface area (Å²) in [7, 11) is -1.69. The number of aromatic nitrogens is 2. The Balaban J connectivity index is 2.16. The fourth-order valence-electron chi connectivity index (χ4n) is 2.85. The SMILES string of the molecule is CCC(C)C[C@H](NC(=O)[C@H](Cc1ccccc1)NC(=O)c1cnccn1)B(O)O. The van der Waals surface area contributed by atoms with E-state index in [4.69, 9.17) is 0 Å². The maximum atomic E-state index is 12.9. The van der Waals surface area contributed by atoms with Gasteiger partial charge in [-0.2, -0.15) is 0 Å². The minimum Gasteiger partial charge on any atom is -0.426 e. The maximum absolute atomic E-state index is 12.9. The summed E-state index contributed by atoms with van der Waals surface area (Å²) in [5, 5.41) is 24.7. The number of hydrogen-bond acceptors (Lipinski definition) is 6. The monoisotopic (exact) mass is 398 g/mol. The molecule has 2 aromatic rings. The van der Waals surface area contributed by atoms with E-state index in [-0.39, 0.29) is 18.0 Å². The second-order valence-electron chi connectivity index (χ2n) is 7.08. The van der Waals surface area contributed by atoms with Crippen molar-refractivity contribution in [3.63, 3.8) is 0 Å². The highest BCUT2D eigenvalue weighted by Gasteiger charge is 2.30. The molecule has 0 aliphatic rings. The van der Waals surface area contributed by atoms with Crippen molar-refractivity contribution < 1.29 is 19.6 Å². The van der Waals surface area contributed by atoms with Gasteiger partial charge < -0.3 is 20.7 Å². The molecule has 2 rings (SSSR count). The van der Waals surface area contributed by atoms with Crippen LogP contribution in [-0.4, -0.2) is 50.9 Å². The molecule has 3 atom stereocenters. The van der Waals surface area contributed by atoms with Gasteiger partial charge in [0.15, 0.2) is 0 Å². The standard InChI is InChI=1S/C20H27BN4O4/c1-3-14(2)11-18(21(28)29)25-19(26)16(12-15-7-5-4-6-8-15)24-20(27)17-13-22-9-10-23-17/h4-10,13-14,16,18,28-29H,3,11-12H2,1-2H3,(H,24,27)(H,25,26)/t14?,16-,18-/m0/s1. The van der Waals surface area contributed by atoms with Gasteiger partial charge >= 0.3 is 7.12 Å². The summed E-state index contributed by atoms with van der Waals surface area (Å²) >= 11 is 0. The molecule has 8 nitrogen and oxygen atoms in total. The lowest BCUT2D eigenvalue weighted by molar-refractivity contribution is -0.123. The fraction of sp³-hybridized carbons (Fsp3) is 0.400. The van der Waals surface area contributed by atoms with Crippen LogP contribution in [0.15, 0.2) is 48.9 Å². The Labute approximate surface area is 170 Å². The molecular formula is C20H27BN4O4. The highest BCUT2D eigenvalue weighted by molar-refractivity contribution is 6.43. The molecule has 1 unspecified atom stereocenters. The van der Waals surface area contributed by atoms with Crippen LogP contribution in [0.25, 0.3) is 0 Å². The third-order valence-corrected chi connectivity index (χ3v) is 4.74. The predicted octanol–water partition coefficient (Wildman–Crippen LogP) is 0.751. The third kappa shape index (κ3) is 7.28. The molecule has 0 radical (unpaired) electrons. The fourth-order valence-corrected chi connectivity index (χ4v) is 2.85. The van der Waals surface area contributed by atoms with Crippen molar-refractivity contribution in [2.24, 2.45) is 5.92 Å². The van der Waals surface area contributed by atoms with Gasteiger partial charge in [-0.05, 0) is 17.9 Å². The van der Waals surface area contributed by atoms with Crippen molar-refractivity contribution in [3.8, 4) is 0 Å². The van der Waals surface area contributed by atoms with E-state index >= 15 is 0 Å². The molecule has 1 aromatic carbocycles. The number of carbonyl (C=O) groups excluding carboxylic acids is 2. The minimum atomic E-state index is -1.69. The van der Waals surface area contributed by atoms with Crippen LogP contribution >= 0.6 is 0 Å². The quantitative estimate of drug-likeness (QED) is 0.438. The average molecular weight is 398 g/mol. The van der Waals surface area contributed by atoms with Crippen molar-refractivity contribution >= 4 is 18.9 Å². The topological polar surface area (TPSA) is 124 Å². The molecule has 0 aliphatic carbocycles. The van der Waals surface area contributed by atoms with Crippen LogP contribution in [0, 0.1) is 5.92 Å². The lowest BCUT2D eigenvalue weighted by Gasteiger charge is -2.24. The first-order chi connectivity index (χ1) is 13.9. The Morgan fingerprint density at radius 1 is 1.14 bits per heavy atom. The first kappa shape index (κ1) is 22.5. The zero-order chi connectivity index (χ0) is 21.2. The van der Waals surface area contributed by atoms with E-state index in [0.717, 1.165) is 12.0 Å². The summed E-state index contributed by atoms with van der Waals surface area (Å²) in [6, 6.07) is 8.35. The van der Waals surface area contributed by atoms with E-state index in [2.05, 4.69) is 20.6 Å². The van der Waals surface area contributed by atoms with Gasteiger partial charge in [-0.15, -0.1) is 0 Å². The van der Waals surface area contributed by atoms with Crippen molar-refractivity contribution in [1.82, 2.24) is 20.6 Å². The predicted molar refractivity (Wildman–Crippen MR) is 110 cm³/mol. The number of benzene rings is 1. The largest absolute Gasteiger partial charge is 0.475 e. The van der Waals surface area contributed by atoms with Crippen molar-refractivity contribution in [3.05, 3.63) is 60.2 Å². The molecule has 1 heterocycles. The zero-order valence-corrected chi connectivity index (χ0v) is 16.7. The van der Waals surface area contributed by atoms with E-state index in [1.54, 1.807) is 0 Å². The van der Waals surface area contributed by atoms with Gasteiger partial charge in [0.05, 0.1) is 12.1 Å². The Hall–Kier alpha value is -2.78. The van der Waals surface area contributed by atoms with E-state index in [0.29, 0.717) is 6.42 Å². The van der Waals surface area contributed by atoms with Gasteiger partial charge in [0.2, 0.25) is 5.91 Å². The number of nitrogens with one attached hydrogen (secondary N) is 2. The number of rotatable bonds is 10. The summed E-state index contributed by atoms with van der Waals surface area (Å²) in [4.78, 5) is 33.2. The van der Waals surface area contributed by atoms with Crippen LogP contribution in [0.3, 0.4) is 0 Å². The second kappa shape index (κ2) is 11.3. The lowest BCUT2D eigenvalue weighted by atomic mass is 9.74. The van der Waals surface area contributed by atoms with Crippen molar-refractivity contribution in [2.75, 3.05) is 0 Å². The van der Waals surface area contributed by atoms with Crippen LogP contribution < -0.4 is 10.6 Å². The molecule has 154 valence electrons. The lowest BCUT2D eigenvalue weighted by Crippen LogP contribution is -2.55. The Morgan fingerprint density at radius 3 is 2.45 bits per heavy atom. The molecular weight excluding hydrogens is 371 g/mol. The molecule has 0 saturated carbocycles. The van der Waals surface area contributed by atoms with E-state index in [9.17, 15) is 19.6 Å². The van der Waals surface area contributed by atoms with Gasteiger partial charge in [0, 0.05) is 18.8 Å². The summed E-state index contributed by atoms with van der Waals surface area (Å²) in [6.07, 6.45) is 5.66. The molecule has 4 N–H and O–H groups in total. The number of hydrogen-bond donors (Lipinski definition) is 4. The zero-order valence-electron chi connectivity index (χ0n) is 16.7. The number of amides is 2. The summed E-state index contributed by atoms with van der Waals surface area (Å²) in [5.41, 5.74) is 0.951. The van der Waals surface area contributed by atoms with Gasteiger partial charge in [0.25, 0.3) is 5.91 Å². The molecule has 29 heavy (non-hydrogen) atoms. The minimum absolute atomic E-state index is 0.0942.